The van der Waals surface area contributed by atoms with E-state index < -0.39 is 31.2 Å². The second kappa shape index (κ2) is 6.80. The standard InChI is InChI=1S/C5H12N2O2.ClH/c6-3-1-2-4(7)5(8)9;/h4H,1-3,6-7H2,(H,8,9);1H/t4-;/m0./s1/i1D2,2D2,3D2,4D;. The number of nitrogens with two attached hydrogens (primary N) is 2. The lowest BCUT2D eigenvalue weighted by molar-refractivity contribution is -0.138. The average molecular weight is 176 g/mol. The predicted molar refractivity (Wildman–Crippen MR) is 41.1 cm³/mol. The van der Waals surface area contributed by atoms with Crippen LogP contribution in [0.3, 0.4) is 0 Å². The number of carbonyl (C=O) groups is 1. The molecule has 0 amide bonds. The first-order valence-electron chi connectivity index (χ1n) is 5.51. The summed E-state index contributed by atoms with van der Waals surface area (Å²) in [5.74, 6) is -2.12. The fourth-order valence-corrected chi connectivity index (χ4v) is 0.157. The van der Waals surface area contributed by atoms with Gasteiger partial charge in [0.1, 0.15) is 6.02 Å². The van der Waals surface area contributed by atoms with Gasteiger partial charge in [-0.3, -0.25) is 4.79 Å². The lowest BCUT2D eigenvalue weighted by Crippen LogP contribution is -2.30. The molecule has 5 N–H and O–H groups in total. The summed E-state index contributed by atoms with van der Waals surface area (Å²) in [5, 5.41) is 8.52. The quantitative estimate of drug-likeness (QED) is 0.541. The highest BCUT2D eigenvalue weighted by molar-refractivity contribution is 5.85. The molecule has 0 spiro atoms. The Bertz CT molecular complexity index is 303. The second-order valence-electron chi connectivity index (χ2n) is 1.11. The first-order valence-corrected chi connectivity index (χ1v) is 2.01. The molecule has 0 fully saturated rings. The summed E-state index contributed by atoms with van der Waals surface area (Å²) in [6.45, 7) is -3.18. The summed E-state index contributed by atoms with van der Waals surface area (Å²) < 4.78 is 49.6. The monoisotopic (exact) mass is 175 g/mol. The van der Waals surface area contributed by atoms with E-state index in [4.69, 9.17) is 26.2 Å². The molecule has 5 heteroatoms. The summed E-state index contributed by atoms with van der Waals surface area (Å²) in [4.78, 5) is 10.6. The first kappa shape index (κ1) is 3.38. The molecule has 0 aliphatic heterocycles. The summed E-state index contributed by atoms with van der Waals surface area (Å²) in [5.41, 5.74) is 9.63. The van der Waals surface area contributed by atoms with E-state index in [2.05, 4.69) is 0 Å². The highest BCUT2D eigenvalue weighted by Gasteiger charge is 2.08. The van der Waals surface area contributed by atoms with E-state index in [9.17, 15) is 4.79 Å². The normalized spacial score (nSPS) is 29.6. The molecule has 0 aliphatic carbocycles. The van der Waals surface area contributed by atoms with Gasteiger partial charge in [0.15, 0.2) is 0 Å². The zero-order valence-electron chi connectivity index (χ0n) is 11.9. The van der Waals surface area contributed by atoms with Crippen LogP contribution in [0.5, 0.6) is 0 Å². The van der Waals surface area contributed by atoms with Crippen LogP contribution in [0.25, 0.3) is 0 Å². The molecule has 0 heterocycles. The Hall–Kier alpha value is -0.320. The van der Waals surface area contributed by atoms with E-state index in [1.54, 1.807) is 0 Å². The summed E-state index contributed by atoms with van der Waals surface area (Å²) >= 11 is 0. The summed E-state index contributed by atoms with van der Waals surface area (Å²) in [6, 6.07) is -3.36. The molecule has 0 aromatic rings. The molecule has 0 rings (SSSR count). The number of rotatable bonds is 4. The van der Waals surface area contributed by atoms with Crippen LogP contribution >= 0.6 is 12.4 Å². The number of carboxylic acid groups (broad SMARTS) is 1. The maximum absolute atomic E-state index is 10.6. The molecule has 0 aliphatic rings. The molecule has 10 heavy (non-hydrogen) atoms. The van der Waals surface area contributed by atoms with Crippen LogP contribution < -0.4 is 11.5 Å². The van der Waals surface area contributed by atoms with Gasteiger partial charge in [0, 0.05) is 8.22 Å². The molecular weight excluding hydrogens is 156 g/mol. The number of hydrogen-bond acceptors (Lipinski definition) is 3. The molecule has 0 saturated carbocycles. The van der Waals surface area contributed by atoms with Crippen molar-refractivity contribution >= 4 is 18.4 Å². The SMILES string of the molecule is Cl.[2H]C([2H])(N)C([2H])([2H])C([2H])([2H])[C@]([2H])(N)C(=O)O. The van der Waals surface area contributed by atoms with Crippen molar-refractivity contribution in [1.29, 1.82) is 0 Å². The zero-order chi connectivity index (χ0) is 13.6. The van der Waals surface area contributed by atoms with Gasteiger partial charge in [-0.05, 0) is 19.2 Å². The summed E-state index contributed by atoms with van der Waals surface area (Å²) in [6.07, 6.45) is -6.97. The minimum absolute atomic E-state index is 0. The van der Waals surface area contributed by atoms with Crippen molar-refractivity contribution < 1.29 is 19.5 Å². The van der Waals surface area contributed by atoms with Crippen molar-refractivity contribution in [1.82, 2.24) is 0 Å². The van der Waals surface area contributed by atoms with Gasteiger partial charge < -0.3 is 16.6 Å². The minimum atomic E-state index is -3.52. The number of aliphatic carboxylic acids is 1. The first-order chi connectivity index (χ1) is 6.69. The zero-order valence-corrected chi connectivity index (χ0v) is 5.73. The van der Waals surface area contributed by atoms with Crippen LogP contribution in [0.4, 0.5) is 0 Å². The minimum Gasteiger partial charge on any atom is -0.480 e. The van der Waals surface area contributed by atoms with Crippen LogP contribution in [-0.4, -0.2) is 23.6 Å². The van der Waals surface area contributed by atoms with E-state index >= 15 is 0 Å². The van der Waals surface area contributed by atoms with Crippen molar-refractivity contribution in [3.8, 4) is 0 Å². The molecule has 0 bridgehead atoms. The lowest BCUT2D eigenvalue weighted by Gasteiger charge is -2.02. The van der Waals surface area contributed by atoms with E-state index in [1.165, 1.54) is 0 Å². The van der Waals surface area contributed by atoms with E-state index in [0.717, 1.165) is 0 Å². The van der Waals surface area contributed by atoms with Crippen molar-refractivity contribution in [2.45, 2.75) is 18.8 Å². The van der Waals surface area contributed by atoms with Crippen molar-refractivity contribution in [3.05, 3.63) is 0 Å². The molecule has 0 aromatic heterocycles. The van der Waals surface area contributed by atoms with E-state index in [0.29, 0.717) is 0 Å². The highest BCUT2D eigenvalue weighted by atomic mass is 35.5. The highest BCUT2D eigenvalue weighted by Crippen LogP contribution is 1.91. The van der Waals surface area contributed by atoms with Crippen LogP contribution in [-0.2, 0) is 4.79 Å². The number of halogens is 1. The number of carboxylic acids is 1. The fourth-order valence-electron chi connectivity index (χ4n) is 0.157. The molecule has 0 aromatic carbocycles. The van der Waals surface area contributed by atoms with Crippen molar-refractivity contribution in [3.63, 3.8) is 0 Å². The average Bonchev–Trinajstić information content (AvgIpc) is 2.00. The van der Waals surface area contributed by atoms with E-state index in [-0.39, 0.29) is 12.4 Å². The third-order valence-corrected chi connectivity index (χ3v) is 0.500. The smallest absolute Gasteiger partial charge is 0.320 e. The van der Waals surface area contributed by atoms with Crippen LogP contribution in [0, 0.1) is 0 Å². The third-order valence-electron chi connectivity index (χ3n) is 0.500. The Morgan fingerprint density at radius 3 is 2.70 bits per heavy atom. The molecule has 0 unspecified atom stereocenters. The van der Waals surface area contributed by atoms with Gasteiger partial charge in [0.25, 0.3) is 0 Å². The molecular formula is C5H13ClN2O2. The maximum Gasteiger partial charge on any atom is 0.320 e. The fraction of sp³-hybridized carbons (Fsp3) is 0.800. The van der Waals surface area contributed by atoms with Gasteiger partial charge in [0.2, 0.25) is 0 Å². The Kier molecular flexibility index (Phi) is 2.30. The molecule has 0 saturated heterocycles. The lowest BCUT2D eigenvalue weighted by atomic mass is 10.2. The van der Waals surface area contributed by atoms with Gasteiger partial charge in [-0.25, -0.2) is 0 Å². The Balaban J connectivity index is 0. The van der Waals surface area contributed by atoms with Crippen molar-refractivity contribution in [2.75, 3.05) is 6.50 Å². The maximum atomic E-state index is 10.6. The van der Waals surface area contributed by atoms with Gasteiger partial charge >= 0.3 is 5.97 Å². The topological polar surface area (TPSA) is 89.3 Å². The van der Waals surface area contributed by atoms with Crippen molar-refractivity contribution in [2.24, 2.45) is 11.5 Å². The number of hydrogen-bond donors (Lipinski definition) is 3. The van der Waals surface area contributed by atoms with Gasteiger partial charge in [-0.1, -0.05) is 0 Å². The molecule has 62 valence electrons. The molecule has 1 atom stereocenters. The second-order valence-corrected chi connectivity index (χ2v) is 1.11. The van der Waals surface area contributed by atoms with Crippen LogP contribution in [0.15, 0.2) is 0 Å². The Morgan fingerprint density at radius 2 is 2.40 bits per heavy atom. The largest absolute Gasteiger partial charge is 0.480 e. The van der Waals surface area contributed by atoms with Crippen LogP contribution in [0.1, 0.15) is 22.3 Å². The third kappa shape index (κ3) is 5.81. The van der Waals surface area contributed by atoms with E-state index in [1.807, 2.05) is 0 Å². The Morgan fingerprint density at radius 1 is 1.90 bits per heavy atom. The summed E-state index contributed by atoms with van der Waals surface area (Å²) in [7, 11) is 0. The molecule has 4 nitrogen and oxygen atoms in total. The Labute approximate surface area is 75.8 Å². The van der Waals surface area contributed by atoms with Gasteiger partial charge in [-0.2, -0.15) is 0 Å². The van der Waals surface area contributed by atoms with Gasteiger partial charge in [0.05, 0.1) is 1.37 Å². The van der Waals surface area contributed by atoms with Crippen LogP contribution in [0.2, 0.25) is 0 Å². The van der Waals surface area contributed by atoms with Gasteiger partial charge in [-0.15, -0.1) is 12.4 Å². The predicted octanol–water partition coefficient (Wildman–Crippen LogP) is -0.441. The molecule has 0 radical (unpaired) electrons.